The van der Waals surface area contributed by atoms with Gasteiger partial charge in [0.05, 0.1) is 0 Å². The molecule has 312 valence electrons. The highest BCUT2D eigenvalue weighted by Gasteiger charge is 2.29. The number of hydrogen-bond acceptors (Lipinski definition) is 5. The molecule has 0 aromatic carbocycles. The first-order chi connectivity index (χ1) is 26.4. The Labute approximate surface area is 333 Å². The Balaban J connectivity index is 4.59. The number of unbranched alkanes of at least 4 members (excludes halogenated alkanes) is 18. The molecule has 0 spiro atoms. The lowest BCUT2D eigenvalue weighted by Crippen LogP contribution is -2.48. The summed E-state index contributed by atoms with van der Waals surface area (Å²) in [6.07, 6.45) is 48.8. The molecule has 0 saturated heterocycles. The molecule has 0 aliphatic carbocycles. The lowest BCUT2D eigenvalue weighted by molar-refractivity contribution is -0.163. The predicted octanol–water partition coefficient (Wildman–Crippen LogP) is 12.8. The minimum Gasteiger partial charge on any atom is -0.455 e. The van der Waals surface area contributed by atoms with Gasteiger partial charge in [0.25, 0.3) is 0 Å². The van der Waals surface area contributed by atoms with Crippen LogP contribution in [-0.2, 0) is 14.3 Å². The molecule has 0 atom stereocenters. The van der Waals surface area contributed by atoms with Gasteiger partial charge in [-0.25, -0.2) is 9.59 Å². The van der Waals surface area contributed by atoms with Crippen LogP contribution in [0.3, 0.4) is 0 Å². The van der Waals surface area contributed by atoms with E-state index in [1.54, 1.807) is 6.92 Å². The molecular weight excluding hydrogens is 671 g/mol. The number of ether oxygens (including phenoxy) is 1. The summed E-state index contributed by atoms with van der Waals surface area (Å²) in [4.78, 5) is 41.7. The first kappa shape index (κ1) is 51.3. The Morgan fingerprint density at radius 3 is 1.35 bits per heavy atom. The monoisotopic (exact) mass is 756 g/mol. The summed E-state index contributed by atoms with van der Waals surface area (Å²) in [5.74, 6) is -1.79. The number of imide groups is 1. The Kier molecular flexibility index (Phi) is 38.0. The van der Waals surface area contributed by atoms with Crippen molar-refractivity contribution >= 4 is 17.9 Å². The zero-order valence-corrected chi connectivity index (χ0v) is 35.9. The van der Waals surface area contributed by atoms with Crippen molar-refractivity contribution < 1.29 is 19.1 Å². The molecule has 0 fully saturated rings. The SMILES string of the molecule is CCCCC/C=C\C/C=C\CCCCCCCCC(CCCCCCCC/C=C\C/C=C\CCCCC)OC(=O)C(=O)N(CC)C(=O)NCCCN(C)C. The number of likely N-dealkylation sites (N-methyl/N-ethyl adjacent to an activating group) is 1. The quantitative estimate of drug-likeness (QED) is 0.0298. The third-order valence-electron chi connectivity index (χ3n) is 9.77. The molecule has 0 heterocycles. The van der Waals surface area contributed by atoms with E-state index in [0.717, 1.165) is 82.1 Å². The van der Waals surface area contributed by atoms with E-state index in [1.165, 1.54) is 103 Å². The molecule has 0 saturated carbocycles. The Hall–Kier alpha value is -2.67. The number of urea groups is 1. The number of esters is 1. The second-order valence-corrected chi connectivity index (χ2v) is 15.2. The summed E-state index contributed by atoms with van der Waals surface area (Å²) in [5.41, 5.74) is 0. The molecular formula is C47H85N3O4. The van der Waals surface area contributed by atoms with Gasteiger partial charge in [-0.2, -0.15) is 0 Å². The van der Waals surface area contributed by atoms with E-state index in [9.17, 15) is 14.4 Å². The summed E-state index contributed by atoms with van der Waals surface area (Å²) < 4.78 is 5.81. The van der Waals surface area contributed by atoms with Gasteiger partial charge in [0.15, 0.2) is 0 Å². The minimum absolute atomic E-state index is 0.121. The molecule has 0 rings (SSSR count). The van der Waals surface area contributed by atoms with E-state index in [1.807, 2.05) is 19.0 Å². The van der Waals surface area contributed by atoms with Crippen LogP contribution >= 0.6 is 0 Å². The smallest absolute Gasteiger partial charge is 0.397 e. The highest BCUT2D eigenvalue weighted by molar-refractivity contribution is 6.35. The van der Waals surface area contributed by atoms with E-state index in [-0.39, 0.29) is 12.6 Å². The predicted molar refractivity (Wildman–Crippen MR) is 232 cm³/mol. The van der Waals surface area contributed by atoms with Crippen molar-refractivity contribution in [3.63, 3.8) is 0 Å². The van der Waals surface area contributed by atoms with Gasteiger partial charge in [-0.1, -0.05) is 140 Å². The summed E-state index contributed by atoms with van der Waals surface area (Å²) in [6.45, 7) is 7.59. The summed E-state index contributed by atoms with van der Waals surface area (Å²) in [7, 11) is 3.95. The number of allylic oxidation sites excluding steroid dienone is 8. The number of hydrogen-bond donors (Lipinski definition) is 1. The zero-order chi connectivity index (χ0) is 39.7. The lowest BCUT2D eigenvalue weighted by Gasteiger charge is -2.22. The van der Waals surface area contributed by atoms with Crippen molar-refractivity contribution in [2.45, 2.75) is 200 Å². The summed E-state index contributed by atoms with van der Waals surface area (Å²) in [5, 5.41) is 2.77. The normalized spacial score (nSPS) is 12.1. The molecule has 7 heteroatoms. The maximum Gasteiger partial charge on any atom is 0.397 e. The molecule has 1 N–H and O–H groups in total. The van der Waals surface area contributed by atoms with E-state index in [0.29, 0.717) is 6.54 Å². The zero-order valence-electron chi connectivity index (χ0n) is 35.9. The van der Waals surface area contributed by atoms with Gasteiger partial charge in [0.1, 0.15) is 6.10 Å². The van der Waals surface area contributed by atoms with Crippen LogP contribution in [0.15, 0.2) is 48.6 Å². The average Bonchev–Trinajstić information content (AvgIpc) is 3.16. The van der Waals surface area contributed by atoms with Crippen LogP contribution in [0.25, 0.3) is 0 Å². The first-order valence-electron chi connectivity index (χ1n) is 22.4. The van der Waals surface area contributed by atoms with Crippen LogP contribution in [0.5, 0.6) is 0 Å². The molecule has 0 bridgehead atoms. The molecule has 0 aliphatic heterocycles. The molecule has 0 aliphatic rings. The fourth-order valence-electron chi connectivity index (χ4n) is 6.36. The van der Waals surface area contributed by atoms with Crippen LogP contribution in [0.1, 0.15) is 194 Å². The van der Waals surface area contributed by atoms with Crippen molar-refractivity contribution in [2.24, 2.45) is 0 Å². The number of amides is 3. The van der Waals surface area contributed by atoms with Crippen LogP contribution in [0.2, 0.25) is 0 Å². The Morgan fingerprint density at radius 2 is 0.944 bits per heavy atom. The lowest BCUT2D eigenvalue weighted by atomic mass is 10.0. The van der Waals surface area contributed by atoms with Crippen LogP contribution < -0.4 is 5.32 Å². The van der Waals surface area contributed by atoms with Gasteiger partial charge in [-0.3, -0.25) is 9.69 Å². The van der Waals surface area contributed by atoms with Gasteiger partial charge in [0.2, 0.25) is 0 Å². The maximum absolute atomic E-state index is 13.0. The molecule has 0 aromatic heterocycles. The summed E-state index contributed by atoms with van der Waals surface area (Å²) in [6, 6.07) is -0.537. The van der Waals surface area contributed by atoms with Crippen LogP contribution in [0.4, 0.5) is 4.79 Å². The van der Waals surface area contributed by atoms with Gasteiger partial charge in [0, 0.05) is 13.1 Å². The Morgan fingerprint density at radius 1 is 0.537 bits per heavy atom. The van der Waals surface area contributed by atoms with E-state index in [4.69, 9.17) is 4.74 Å². The van der Waals surface area contributed by atoms with Crippen molar-refractivity contribution in [3.05, 3.63) is 48.6 Å². The van der Waals surface area contributed by atoms with Crippen molar-refractivity contribution in [1.82, 2.24) is 15.1 Å². The summed E-state index contributed by atoms with van der Waals surface area (Å²) >= 11 is 0. The van der Waals surface area contributed by atoms with Crippen LogP contribution in [0, 0.1) is 0 Å². The van der Waals surface area contributed by atoms with Gasteiger partial charge in [-0.15, -0.1) is 0 Å². The molecule has 0 aromatic rings. The highest BCUT2D eigenvalue weighted by atomic mass is 16.5. The minimum atomic E-state index is -0.912. The third-order valence-corrected chi connectivity index (χ3v) is 9.77. The van der Waals surface area contributed by atoms with Crippen molar-refractivity contribution in [3.8, 4) is 0 Å². The van der Waals surface area contributed by atoms with Gasteiger partial charge < -0.3 is 15.0 Å². The van der Waals surface area contributed by atoms with E-state index >= 15 is 0 Å². The molecule has 0 radical (unpaired) electrons. The fraction of sp³-hybridized carbons (Fsp3) is 0.766. The maximum atomic E-state index is 13.0. The largest absolute Gasteiger partial charge is 0.455 e. The van der Waals surface area contributed by atoms with Crippen LogP contribution in [-0.4, -0.2) is 67.5 Å². The molecule has 54 heavy (non-hydrogen) atoms. The standard InChI is InChI=1S/C47H85N3O4/c1-6-9-11-13-15-17-19-21-23-25-27-29-31-33-35-37-40-44(54-46(52)45(51)50(8-3)47(53)48-42-39-43-49(4)5)41-38-36-34-32-30-28-26-24-22-20-18-16-14-12-10-7-2/h15-18,21-24,44H,6-14,19-20,25-43H2,1-5H3,(H,48,53)/b17-15-,18-16-,23-21-,24-22-. The van der Waals surface area contributed by atoms with Crippen molar-refractivity contribution in [1.29, 1.82) is 0 Å². The van der Waals surface area contributed by atoms with Gasteiger partial charge >= 0.3 is 17.9 Å². The first-order valence-corrected chi connectivity index (χ1v) is 22.4. The van der Waals surface area contributed by atoms with E-state index in [2.05, 4.69) is 67.8 Å². The fourth-order valence-corrected chi connectivity index (χ4v) is 6.36. The third kappa shape index (κ3) is 33.9. The Bertz CT molecular complexity index is 955. The topological polar surface area (TPSA) is 79.0 Å². The average molecular weight is 756 g/mol. The molecule has 0 unspecified atom stereocenters. The second kappa shape index (κ2) is 40.0. The number of carbonyl (C=O) groups excluding carboxylic acids is 3. The number of rotatable bonds is 36. The second-order valence-electron chi connectivity index (χ2n) is 15.2. The number of nitrogens with zero attached hydrogens (tertiary/aromatic N) is 2. The highest BCUT2D eigenvalue weighted by Crippen LogP contribution is 2.18. The van der Waals surface area contributed by atoms with Gasteiger partial charge in [-0.05, 0) is 124 Å². The molecule has 7 nitrogen and oxygen atoms in total. The number of nitrogens with one attached hydrogen (secondary N) is 1. The molecule has 3 amide bonds. The number of carbonyl (C=O) groups is 3. The van der Waals surface area contributed by atoms with E-state index < -0.39 is 17.9 Å². The van der Waals surface area contributed by atoms with Crippen molar-refractivity contribution in [2.75, 3.05) is 33.7 Å².